The molecule has 1 aromatic heterocycles. The van der Waals surface area contributed by atoms with Crippen LogP contribution in [-0.2, 0) is 5.54 Å². The zero-order valence-corrected chi connectivity index (χ0v) is 11.8. The first-order valence-electron chi connectivity index (χ1n) is 6.48. The summed E-state index contributed by atoms with van der Waals surface area (Å²) in [5, 5.41) is 11.8. The largest absolute Gasteiger partial charge is 0.477 e. The van der Waals surface area contributed by atoms with Gasteiger partial charge in [-0.1, -0.05) is 36.4 Å². The molecule has 0 fully saturated rings. The second-order valence-corrected chi connectivity index (χ2v) is 5.16. The number of carboxylic acids is 1. The number of nitrogens with one attached hydrogen (secondary N) is 1. The summed E-state index contributed by atoms with van der Waals surface area (Å²) in [5.41, 5.74) is 0.297. The number of benzene rings is 1. The predicted octanol–water partition coefficient (Wildman–Crippen LogP) is 2.44. The van der Waals surface area contributed by atoms with E-state index in [2.05, 4.69) is 10.3 Å². The lowest BCUT2D eigenvalue weighted by molar-refractivity contribution is 0.0690. The number of pyridine rings is 1. The van der Waals surface area contributed by atoms with Crippen molar-refractivity contribution in [3.8, 4) is 0 Å². The van der Waals surface area contributed by atoms with E-state index in [1.807, 2.05) is 44.2 Å². The van der Waals surface area contributed by atoms with Crippen molar-refractivity contribution in [1.82, 2.24) is 10.3 Å². The van der Waals surface area contributed by atoms with Crippen molar-refractivity contribution in [2.45, 2.75) is 19.4 Å². The van der Waals surface area contributed by atoms with Gasteiger partial charge < -0.3 is 10.4 Å². The van der Waals surface area contributed by atoms with E-state index in [0.29, 0.717) is 0 Å². The van der Waals surface area contributed by atoms with Gasteiger partial charge in [0.1, 0.15) is 11.4 Å². The summed E-state index contributed by atoms with van der Waals surface area (Å²) in [4.78, 5) is 27.0. The molecule has 0 saturated heterocycles. The van der Waals surface area contributed by atoms with Gasteiger partial charge in [-0.3, -0.25) is 4.79 Å². The Bertz CT molecular complexity index is 666. The zero-order valence-electron chi connectivity index (χ0n) is 11.8. The van der Waals surface area contributed by atoms with Crippen molar-refractivity contribution in [2.75, 3.05) is 0 Å². The van der Waals surface area contributed by atoms with Crippen molar-refractivity contribution in [3.63, 3.8) is 0 Å². The van der Waals surface area contributed by atoms with Crippen molar-refractivity contribution in [1.29, 1.82) is 0 Å². The van der Waals surface area contributed by atoms with E-state index in [0.717, 1.165) is 5.56 Å². The molecule has 5 nitrogen and oxygen atoms in total. The van der Waals surface area contributed by atoms with Crippen LogP contribution in [0.25, 0.3) is 0 Å². The first-order chi connectivity index (χ1) is 9.90. The fourth-order valence-electron chi connectivity index (χ4n) is 1.96. The Morgan fingerprint density at radius 3 is 2.24 bits per heavy atom. The normalized spacial score (nSPS) is 11.0. The Morgan fingerprint density at radius 2 is 1.62 bits per heavy atom. The molecule has 1 aromatic carbocycles. The zero-order chi connectivity index (χ0) is 15.5. The van der Waals surface area contributed by atoms with E-state index >= 15 is 0 Å². The molecular weight excluding hydrogens is 268 g/mol. The number of aromatic nitrogens is 1. The van der Waals surface area contributed by atoms with Crippen LogP contribution in [-0.4, -0.2) is 22.0 Å². The Morgan fingerprint density at radius 1 is 1.00 bits per heavy atom. The standard InChI is InChI=1S/C16H16N2O3/c1-16(2,11-7-4-3-5-8-11)18-14(19)12-9-6-10-13(17-12)15(20)21/h3-10H,1-2H3,(H,18,19)(H,20,21). The SMILES string of the molecule is CC(C)(NC(=O)c1cccc(C(=O)O)n1)c1ccccc1. The van der Waals surface area contributed by atoms with Crippen molar-refractivity contribution in [2.24, 2.45) is 0 Å². The number of hydrogen-bond acceptors (Lipinski definition) is 3. The molecule has 0 saturated carbocycles. The van der Waals surface area contributed by atoms with Crippen LogP contribution in [0, 0.1) is 0 Å². The molecule has 21 heavy (non-hydrogen) atoms. The molecular formula is C16H16N2O3. The summed E-state index contributed by atoms with van der Waals surface area (Å²) in [6, 6.07) is 13.9. The van der Waals surface area contributed by atoms with Gasteiger partial charge in [0.25, 0.3) is 5.91 Å². The number of carbonyl (C=O) groups excluding carboxylic acids is 1. The number of amides is 1. The molecule has 0 unspecified atom stereocenters. The van der Waals surface area contributed by atoms with Crippen LogP contribution in [0.1, 0.15) is 40.4 Å². The van der Waals surface area contributed by atoms with Crippen LogP contribution in [0.5, 0.6) is 0 Å². The molecule has 108 valence electrons. The van der Waals surface area contributed by atoms with Crippen LogP contribution in [0.15, 0.2) is 48.5 Å². The van der Waals surface area contributed by atoms with Crippen LogP contribution in [0.4, 0.5) is 0 Å². The van der Waals surface area contributed by atoms with Gasteiger partial charge >= 0.3 is 5.97 Å². The monoisotopic (exact) mass is 284 g/mol. The van der Waals surface area contributed by atoms with Crippen molar-refractivity contribution in [3.05, 3.63) is 65.5 Å². The first kappa shape index (κ1) is 14.7. The molecule has 2 aromatic rings. The highest BCUT2D eigenvalue weighted by atomic mass is 16.4. The highest BCUT2D eigenvalue weighted by molar-refractivity contribution is 5.94. The van der Waals surface area contributed by atoms with E-state index in [1.54, 1.807) is 0 Å². The van der Waals surface area contributed by atoms with Gasteiger partial charge in [0.05, 0.1) is 5.54 Å². The summed E-state index contributed by atoms with van der Waals surface area (Å²) in [6.45, 7) is 3.75. The number of carboxylic acid groups (broad SMARTS) is 1. The molecule has 0 aliphatic carbocycles. The molecule has 5 heteroatoms. The summed E-state index contributed by atoms with van der Waals surface area (Å²) in [5.74, 6) is -1.57. The van der Waals surface area contributed by atoms with E-state index in [4.69, 9.17) is 5.11 Å². The molecule has 2 rings (SSSR count). The number of hydrogen-bond donors (Lipinski definition) is 2. The number of carbonyl (C=O) groups is 2. The average Bonchev–Trinajstić information content (AvgIpc) is 2.48. The summed E-state index contributed by atoms with van der Waals surface area (Å²) in [7, 11) is 0. The molecule has 0 spiro atoms. The van der Waals surface area contributed by atoms with Gasteiger partial charge in [-0.15, -0.1) is 0 Å². The minimum Gasteiger partial charge on any atom is -0.477 e. The van der Waals surface area contributed by atoms with E-state index < -0.39 is 17.4 Å². The number of rotatable bonds is 4. The Balaban J connectivity index is 2.21. The van der Waals surface area contributed by atoms with Crippen molar-refractivity contribution < 1.29 is 14.7 Å². The highest BCUT2D eigenvalue weighted by Crippen LogP contribution is 2.19. The van der Waals surface area contributed by atoms with E-state index in [9.17, 15) is 9.59 Å². The van der Waals surface area contributed by atoms with E-state index in [1.165, 1.54) is 18.2 Å². The van der Waals surface area contributed by atoms with Gasteiger partial charge in [0.15, 0.2) is 0 Å². The molecule has 0 radical (unpaired) electrons. The summed E-state index contributed by atoms with van der Waals surface area (Å²) < 4.78 is 0. The van der Waals surface area contributed by atoms with Gasteiger partial charge in [-0.05, 0) is 31.5 Å². The van der Waals surface area contributed by atoms with Crippen molar-refractivity contribution >= 4 is 11.9 Å². The molecule has 0 aliphatic rings. The minimum atomic E-state index is -1.16. The molecule has 0 atom stereocenters. The predicted molar refractivity (Wildman–Crippen MR) is 78.1 cm³/mol. The van der Waals surface area contributed by atoms with Gasteiger partial charge in [0, 0.05) is 0 Å². The highest BCUT2D eigenvalue weighted by Gasteiger charge is 2.24. The Labute approximate surface area is 122 Å². The fourth-order valence-corrected chi connectivity index (χ4v) is 1.96. The Kier molecular flexibility index (Phi) is 4.03. The lowest BCUT2D eigenvalue weighted by Gasteiger charge is -2.26. The van der Waals surface area contributed by atoms with Crippen LogP contribution in [0.3, 0.4) is 0 Å². The molecule has 0 aliphatic heterocycles. The lowest BCUT2D eigenvalue weighted by Crippen LogP contribution is -2.41. The van der Waals surface area contributed by atoms with Crippen LogP contribution >= 0.6 is 0 Å². The maximum Gasteiger partial charge on any atom is 0.354 e. The van der Waals surface area contributed by atoms with E-state index in [-0.39, 0.29) is 11.4 Å². The maximum atomic E-state index is 12.2. The van der Waals surface area contributed by atoms with Gasteiger partial charge in [0.2, 0.25) is 0 Å². The number of nitrogens with zero attached hydrogens (tertiary/aromatic N) is 1. The van der Waals surface area contributed by atoms with Crippen LogP contribution < -0.4 is 5.32 Å². The van der Waals surface area contributed by atoms with Crippen LogP contribution in [0.2, 0.25) is 0 Å². The van der Waals surface area contributed by atoms with Gasteiger partial charge in [-0.2, -0.15) is 0 Å². The smallest absolute Gasteiger partial charge is 0.354 e. The number of aromatic carboxylic acids is 1. The summed E-state index contributed by atoms with van der Waals surface area (Å²) in [6.07, 6.45) is 0. The minimum absolute atomic E-state index is 0.0823. The fraction of sp³-hybridized carbons (Fsp3) is 0.188. The Hall–Kier alpha value is -2.69. The first-order valence-corrected chi connectivity index (χ1v) is 6.48. The summed E-state index contributed by atoms with van der Waals surface area (Å²) >= 11 is 0. The molecule has 0 bridgehead atoms. The third-order valence-electron chi connectivity index (χ3n) is 3.12. The third kappa shape index (κ3) is 3.45. The quantitative estimate of drug-likeness (QED) is 0.903. The second kappa shape index (κ2) is 5.75. The molecule has 1 heterocycles. The topological polar surface area (TPSA) is 79.3 Å². The molecule has 1 amide bonds. The maximum absolute atomic E-state index is 12.2. The average molecular weight is 284 g/mol. The lowest BCUT2D eigenvalue weighted by atomic mass is 9.94. The third-order valence-corrected chi connectivity index (χ3v) is 3.12. The van der Waals surface area contributed by atoms with Gasteiger partial charge in [-0.25, -0.2) is 9.78 Å². The molecule has 2 N–H and O–H groups in total. The second-order valence-electron chi connectivity index (χ2n) is 5.16.